The molecule has 2 aromatic carbocycles. The highest BCUT2D eigenvalue weighted by atomic mass is 35.5. The van der Waals surface area contributed by atoms with Crippen LogP contribution >= 0.6 is 69.6 Å². The van der Waals surface area contributed by atoms with Gasteiger partial charge in [-0.15, -0.1) is 0 Å². The SMILES string of the molecule is COc1c(Cl)c(-c2c(Cl)c(Cl)c(Cl)c(Cl)c2Cl)c2c(c1OC)O2. The van der Waals surface area contributed by atoms with Gasteiger partial charge in [-0.2, -0.15) is 0 Å². The highest BCUT2D eigenvalue weighted by Crippen LogP contribution is 2.67. The van der Waals surface area contributed by atoms with E-state index in [1.165, 1.54) is 14.2 Å². The van der Waals surface area contributed by atoms with Gasteiger partial charge in [-0.05, 0) is 0 Å². The summed E-state index contributed by atoms with van der Waals surface area (Å²) in [5.74, 6) is 1.62. The summed E-state index contributed by atoms with van der Waals surface area (Å²) in [7, 11) is 2.93. The minimum Gasteiger partial charge on any atom is -0.491 e. The van der Waals surface area contributed by atoms with Gasteiger partial charge in [0.05, 0.1) is 49.9 Å². The van der Waals surface area contributed by atoms with E-state index in [0.717, 1.165) is 0 Å². The van der Waals surface area contributed by atoms with Gasteiger partial charge in [0.2, 0.25) is 11.5 Å². The molecule has 0 bridgehead atoms. The van der Waals surface area contributed by atoms with Crippen molar-refractivity contribution in [3.63, 3.8) is 0 Å². The molecule has 0 N–H and O–H groups in total. The second-order valence-corrected chi connectivity index (χ2v) is 6.73. The molecule has 0 saturated carbocycles. The first kappa shape index (κ1) is 17.4. The average molecular weight is 435 g/mol. The predicted octanol–water partition coefficient (Wildman–Crippen LogP) is 7.40. The Bertz CT molecular complexity index is 821. The van der Waals surface area contributed by atoms with Crippen LogP contribution in [0, 0.1) is 0 Å². The zero-order valence-electron chi connectivity index (χ0n) is 11.5. The number of ether oxygens (including phenoxy) is 3. The van der Waals surface area contributed by atoms with Gasteiger partial charge in [-0.25, -0.2) is 0 Å². The minimum atomic E-state index is 0.0608. The van der Waals surface area contributed by atoms with Crippen LogP contribution in [0.2, 0.25) is 30.1 Å². The summed E-state index contributed by atoms with van der Waals surface area (Å²) in [6, 6.07) is 0. The van der Waals surface area contributed by atoms with Crippen molar-refractivity contribution in [1.82, 2.24) is 0 Å². The molecule has 0 spiro atoms. The Hall–Kier alpha value is -0.420. The van der Waals surface area contributed by atoms with Crippen molar-refractivity contribution in [2.75, 3.05) is 14.2 Å². The van der Waals surface area contributed by atoms with Crippen molar-refractivity contribution >= 4 is 69.6 Å². The average Bonchev–Trinajstić information content (AvgIpc) is 3.32. The van der Waals surface area contributed by atoms with E-state index >= 15 is 0 Å². The Morgan fingerprint density at radius 2 is 1.04 bits per heavy atom. The molecule has 3 nitrogen and oxygen atoms in total. The lowest BCUT2D eigenvalue weighted by Gasteiger charge is -2.14. The van der Waals surface area contributed by atoms with Crippen molar-refractivity contribution in [1.29, 1.82) is 0 Å². The Morgan fingerprint density at radius 1 is 0.565 bits per heavy atom. The number of hydrogen-bond acceptors (Lipinski definition) is 3. The molecule has 1 heterocycles. The van der Waals surface area contributed by atoms with E-state index in [2.05, 4.69) is 0 Å². The summed E-state index contributed by atoms with van der Waals surface area (Å²) in [5.41, 5.74) is 0.724. The van der Waals surface area contributed by atoms with E-state index in [4.69, 9.17) is 83.8 Å². The molecule has 0 fully saturated rings. The summed E-state index contributed by atoms with van der Waals surface area (Å²) >= 11 is 37.3. The molecule has 23 heavy (non-hydrogen) atoms. The second-order valence-electron chi connectivity index (χ2n) is 4.46. The van der Waals surface area contributed by atoms with E-state index in [1.807, 2.05) is 0 Å². The number of methoxy groups -OCH3 is 2. The molecule has 9 heteroatoms. The lowest BCUT2D eigenvalue weighted by Crippen LogP contribution is -1.92. The predicted molar refractivity (Wildman–Crippen MR) is 95.1 cm³/mol. The van der Waals surface area contributed by atoms with Crippen LogP contribution in [0.1, 0.15) is 0 Å². The van der Waals surface area contributed by atoms with E-state index in [-0.39, 0.29) is 35.9 Å². The number of hydrogen-bond donors (Lipinski definition) is 0. The fourth-order valence-corrected chi connectivity index (χ4v) is 3.89. The number of benzene rings is 2. The molecule has 0 radical (unpaired) electrons. The largest absolute Gasteiger partial charge is 0.491 e. The summed E-state index contributed by atoms with van der Waals surface area (Å²) in [4.78, 5) is 0. The van der Waals surface area contributed by atoms with Gasteiger partial charge in [0.25, 0.3) is 0 Å². The molecule has 0 unspecified atom stereocenters. The van der Waals surface area contributed by atoms with Crippen LogP contribution in [0.15, 0.2) is 0 Å². The summed E-state index contributed by atoms with van der Waals surface area (Å²) in [5, 5.41) is 0.621. The van der Waals surface area contributed by atoms with Gasteiger partial charge >= 0.3 is 0 Å². The van der Waals surface area contributed by atoms with Gasteiger partial charge in [-0.3, -0.25) is 0 Å². The van der Waals surface area contributed by atoms with E-state index in [9.17, 15) is 0 Å². The van der Waals surface area contributed by atoms with Gasteiger partial charge < -0.3 is 14.2 Å². The van der Waals surface area contributed by atoms with Crippen LogP contribution in [0.25, 0.3) is 11.1 Å². The Balaban J connectivity index is 2.40. The molecule has 3 rings (SSSR count). The highest BCUT2D eigenvalue weighted by molar-refractivity contribution is 6.57. The van der Waals surface area contributed by atoms with E-state index in [1.54, 1.807) is 0 Å². The molecule has 0 aromatic heterocycles. The van der Waals surface area contributed by atoms with Gasteiger partial charge in [-0.1, -0.05) is 69.6 Å². The first-order valence-electron chi connectivity index (χ1n) is 6.02. The van der Waals surface area contributed by atoms with Gasteiger partial charge in [0.1, 0.15) is 0 Å². The van der Waals surface area contributed by atoms with Crippen molar-refractivity contribution in [2.24, 2.45) is 0 Å². The standard InChI is InChI=1S/C14H6Cl6O3/c1-21-12-7(17)4(11-14(23-11)13(12)22-2)3-5(15)8(18)10(20)9(19)6(3)16/h1-2H3. The highest BCUT2D eigenvalue weighted by Gasteiger charge is 2.39. The lowest BCUT2D eigenvalue weighted by atomic mass is 10.0. The van der Waals surface area contributed by atoms with Crippen molar-refractivity contribution < 1.29 is 14.2 Å². The van der Waals surface area contributed by atoms with Crippen molar-refractivity contribution in [3.05, 3.63) is 30.1 Å². The first-order valence-corrected chi connectivity index (χ1v) is 8.28. The van der Waals surface area contributed by atoms with Crippen LogP contribution < -0.4 is 14.2 Å². The van der Waals surface area contributed by atoms with Gasteiger partial charge in [0, 0.05) is 5.56 Å². The number of fused-ring (bicyclic) bond motifs is 1. The molecule has 1 aliphatic rings. The van der Waals surface area contributed by atoms with Crippen LogP contribution in [-0.4, -0.2) is 14.2 Å². The third-order valence-corrected chi connectivity index (χ3v) is 5.93. The molecule has 2 aromatic rings. The molecule has 1 aliphatic heterocycles. The maximum atomic E-state index is 6.43. The smallest absolute Gasteiger partial charge is 0.216 e. The third kappa shape index (κ3) is 2.50. The lowest BCUT2D eigenvalue weighted by molar-refractivity contribution is 0.353. The Kier molecular flexibility index (Phi) is 4.65. The third-order valence-electron chi connectivity index (χ3n) is 3.30. The van der Waals surface area contributed by atoms with Crippen LogP contribution in [0.4, 0.5) is 0 Å². The van der Waals surface area contributed by atoms with Crippen LogP contribution in [0.5, 0.6) is 23.0 Å². The number of halogens is 6. The summed E-state index contributed by atoms with van der Waals surface area (Å²) in [6.07, 6.45) is 0. The van der Waals surface area contributed by atoms with Gasteiger partial charge in [0.15, 0.2) is 11.5 Å². The fraction of sp³-hybridized carbons (Fsp3) is 0.143. The maximum Gasteiger partial charge on any atom is 0.216 e. The minimum absolute atomic E-state index is 0.0608. The summed E-state index contributed by atoms with van der Waals surface area (Å²) in [6.45, 7) is 0. The zero-order chi connectivity index (χ0) is 17.0. The normalized spacial score (nSPS) is 11.8. The Labute approximate surface area is 161 Å². The molecule has 122 valence electrons. The maximum absolute atomic E-state index is 6.43. The zero-order valence-corrected chi connectivity index (χ0v) is 16.0. The van der Waals surface area contributed by atoms with E-state index in [0.29, 0.717) is 28.4 Å². The topological polar surface area (TPSA) is 31.0 Å². The Morgan fingerprint density at radius 3 is 1.52 bits per heavy atom. The second kappa shape index (κ2) is 6.14. The van der Waals surface area contributed by atoms with Crippen molar-refractivity contribution in [3.8, 4) is 34.1 Å². The quantitative estimate of drug-likeness (QED) is 0.244. The molecule has 0 amide bonds. The first-order chi connectivity index (χ1) is 10.8. The molecule has 0 aliphatic carbocycles. The molecule has 0 saturated heterocycles. The molecular formula is C14H6Cl6O3. The number of rotatable bonds is 3. The van der Waals surface area contributed by atoms with Crippen LogP contribution in [0.3, 0.4) is 0 Å². The molecular weight excluding hydrogens is 429 g/mol. The van der Waals surface area contributed by atoms with Crippen molar-refractivity contribution in [2.45, 2.75) is 0 Å². The monoisotopic (exact) mass is 432 g/mol. The van der Waals surface area contributed by atoms with E-state index < -0.39 is 0 Å². The summed E-state index contributed by atoms with van der Waals surface area (Å²) < 4.78 is 16.0. The fourth-order valence-electron chi connectivity index (χ4n) is 2.22. The molecule has 0 atom stereocenters. The van der Waals surface area contributed by atoms with Crippen LogP contribution in [-0.2, 0) is 0 Å².